The molecule has 1 fully saturated rings. The largest absolute Gasteiger partial charge is 0.494 e. The van der Waals surface area contributed by atoms with Gasteiger partial charge in [0.25, 0.3) is 0 Å². The number of hydrogen-bond donors (Lipinski definition) is 1. The first-order valence-electron chi connectivity index (χ1n) is 13.4. The van der Waals surface area contributed by atoms with Crippen LogP contribution in [0.3, 0.4) is 0 Å². The number of amides is 1. The van der Waals surface area contributed by atoms with Gasteiger partial charge in [-0.2, -0.15) is 0 Å². The molecule has 7 rings (SSSR count). The van der Waals surface area contributed by atoms with E-state index in [1.165, 1.54) is 19.2 Å². The summed E-state index contributed by atoms with van der Waals surface area (Å²) in [6, 6.07) is 26.0. The number of methoxy groups -OCH3 is 1. The fourth-order valence-corrected chi connectivity index (χ4v) is 6.89. The molecule has 3 aliphatic rings. The third-order valence-corrected chi connectivity index (χ3v) is 8.59. The SMILES string of the molecule is COc1ccc(C(=O)[C@@H]2[C@H](C(=O)c3ccccc3)N3c4ccccc4C=C[C@H]3[C@]23C(=O)Nc2ccccc23)cc1F. The van der Waals surface area contributed by atoms with Gasteiger partial charge in [0.2, 0.25) is 5.91 Å². The Hall–Kier alpha value is -5.04. The van der Waals surface area contributed by atoms with Crippen molar-refractivity contribution in [3.8, 4) is 5.75 Å². The normalized spacial score (nSPS) is 23.5. The number of carbonyl (C=O) groups excluding carboxylic acids is 3. The summed E-state index contributed by atoms with van der Waals surface area (Å²) < 4.78 is 20.0. The van der Waals surface area contributed by atoms with Crippen molar-refractivity contribution in [1.82, 2.24) is 0 Å². The first-order chi connectivity index (χ1) is 20.0. The van der Waals surface area contributed by atoms with E-state index in [1.54, 1.807) is 30.3 Å². The Morgan fingerprint density at radius 3 is 2.39 bits per heavy atom. The molecule has 1 saturated heterocycles. The number of ether oxygens (including phenoxy) is 1. The van der Waals surface area contributed by atoms with Crippen LogP contribution in [0.15, 0.2) is 103 Å². The number of benzene rings is 4. The maximum atomic E-state index is 15.0. The molecular weight excluding hydrogens is 519 g/mol. The molecule has 0 bridgehead atoms. The second kappa shape index (κ2) is 9.27. The summed E-state index contributed by atoms with van der Waals surface area (Å²) in [6.45, 7) is 0. The van der Waals surface area contributed by atoms with Crippen LogP contribution in [-0.4, -0.2) is 36.7 Å². The van der Waals surface area contributed by atoms with E-state index >= 15 is 0 Å². The summed E-state index contributed by atoms with van der Waals surface area (Å²) in [7, 11) is 1.35. The van der Waals surface area contributed by atoms with Crippen molar-refractivity contribution in [3.05, 3.63) is 131 Å². The molecule has 1 amide bonds. The van der Waals surface area contributed by atoms with Crippen LogP contribution in [0.25, 0.3) is 6.08 Å². The number of nitrogens with one attached hydrogen (secondary N) is 1. The average Bonchev–Trinajstić information content (AvgIpc) is 3.49. The van der Waals surface area contributed by atoms with E-state index in [4.69, 9.17) is 4.74 Å². The smallest absolute Gasteiger partial charge is 0.238 e. The molecular formula is C34H25FN2O4. The Kier molecular flexibility index (Phi) is 5.64. The molecule has 3 aliphatic heterocycles. The van der Waals surface area contributed by atoms with Gasteiger partial charge in [0.05, 0.1) is 19.1 Å². The highest BCUT2D eigenvalue weighted by molar-refractivity contribution is 6.18. The van der Waals surface area contributed by atoms with Crippen LogP contribution in [0.2, 0.25) is 0 Å². The Morgan fingerprint density at radius 2 is 1.61 bits per heavy atom. The van der Waals surface area contributed by atoms with Crippen LogP contribution < -0.4 is 15.0 Å². The summed E-state index contributed by atoms with van der Waals surface area (Å²) in [5.41, 5.74) is 1.89. The van der Waals surface area contributed by atoms with E-state index < -0.39 is 35.0 Å². The number of anilines is 2. The molecule has 3 heterocycles. The van der Waals surface area contributed by atoms with E-state index in [9.17, 15) is 18.8 Å². The molecule has 0 unspecified atom stereocenters. The van der Waals surface area contributed by atoms with E-state index in [1.807, 2.05) is 65.6 Å². The van der Waals surface area contributed by atoms with E-state index in [0.29, 0.717) is 16.8 Å². The molecule has 7 heteroatoms. The number of para-hydroxylation sites is 2. The number of nitrogens with zero attached hydrogens (tertiary/aromatic N) is 1. The monoisotopic (exact) mass is 544 g/mol. The zero-order valence-electron chi connectivity index (χ0n) is 22.1. The third kappa shape index (κ3) is 3.45. The van der Waals surface area contributed by atoms with E-state index in [-0.39, 0.29) is 23.0 Å². The highest BCUT2D eigenvalue weighted by Crippen LogP contribution is 2.58. The minimum atomic E-state index is -1.46. The van der Waals surface area contributed by atoms with Gasteiger partial charge in [-0.15, -0.1) is 0 Å². The number of hydrogen-bond acceptors (Lipinski definition) is 5. The molecule has 4 aromatic carbocycles. The van der Waals surface area contributed by atoms with Gasteiger partial charge in [-0.05, 0) is 41.5 Å². The van der Waals surface area contributed by atoms with E-state index in [2.05, 4.69) is 5.32 Å². The lowest BCUT2D eigenvalue weighted by molar-refractivity contribution is -0.121. The first kappa shape index (κ1) is 25.0. The molecule has 1 N–H and O–H groups in total. The van der Waals surface area contributed by atoms with Gasteiger partial charge >= 0.3 is 0 Å². The zero-order valence-corrected chi connectivity index (χ0v) is 22.1. The lowest BCUT2D eigenvalue weighted by Crippen LogP contribution is -2.51. The number of carbonyl (C=O) groups is 3. The topological polar surface area (TPSA) is 75.7 Å². The Morgan fingerprint density at radius 1 is 0.878 bits per heavy atom. The molecule has 0 aliphatic carbocycles. The van der Waals surface area contributed by atoms with Crippen molar-refractivity contribution >= 4 is 34.9 Å². The van der Waals surface area contributed by atoms with Crippen LogP contribution in [0.4, 0.5) is 15.8 Å². The van der Waals surface area contributed by atoms with Gasteiger partial charge in [0, 0.05) is 22.5 Å². The molecule has 4 aromatic rings. The molecule has 202 valence electrons. The zero-order chi connectivity index (χ0) is 28.3. The highest BCUT2D eigenvalue weighted by atomic mass is 19.1. The number of ketones is 2. The van der Waals surface area contributed by atoms with Crippen molar-refractivity contribution in [2.24, 2.45) is 5.92 Å². The van der Waals surface area contributed by atoms with Crippen LogP contribution in [0, 0.1) is 11.7 Å². The van der Waals surface area contributed by atoms with Gasteiger partial charge in [-0.25, -0.2) is 4.39 Å². The van der Waals surface area contributed by atoms with E-state index in [0.717, 1.165) is 17.3 Å². The molecule has 0 aromatic heterocycles. The van der Waals surface area contributed by atoms with Crippen molar-refractivity contribution in [1.29, 1.82) is 0 Å². The quantitative estimate of drug-likeness (QED) is 0.327. The number of fused-ring (bicyclic) bond motifs is 6. The fraction of sp³-hybridized carbons (Fsp3) is 0.147. The fourth-order valence-electron chi connectivity index (χ4n) is 6.89. The van der Waals surface area contributed by atoms with Crippen molar-refractivity contribution in [3.63, 3.8) is 0 Å². The summed E-state index contributed by atoms with van der Waals surface area (Å²) >= 11 is 0. The number of rotatable bonds is 5. The lowest BCUT2D eigenvalue weighted by atomic mass is 9.64. The second-order valence-electron chi connectivity index (χ2n) is 10.5. The van der Waals surface area contributed by atoms with Crippen LogP contribution in [0.1, 0.15) is 31.8 Å². The Balaban J connectivity index is 1.53. The minimum Gasteiger partial charge on any atom is -0.494 e. The average molecular weight is 545 g/mol. The maximum absolute atomic E-state index is 15.0. The Labute approximate surface area is 236 Å². The van der Waals surface area contributed by atoms with Crippen molar-refractivity contribution in [2.75, 3.05) is 17.3 Å². The first-order valence-corrected chi connectivity index (χ1v) is 13.4. The summed E-state index contributed by atoms with van der Waals surface area (Å²) in [4.78, 5) is 45.5. The summed E-state index contributed by atoms with van der Waals surface area (Å²) in [5, 5.41) is 3.00. The minimum absolute atomic E-state index is 0.00201. The predicted molar refractivity (Wildman–Crippen MR) is 154 cm³/mol. The molecule has 41 heavy (non-hydrogen) atoms. The Bertz CT molecular complexity index is 1770. The predicted octanol–water partition coefficient (Wildman–Crippen LogP) is 5.69. The third-order valence-electron chi connectivity index (χ3n) is 8.59. The van der Waals surface area contributed by atoms with Gasteiger partial charge in [0.15, 0.2) is 23.1 Å². The van der Waals surface area contributed by atoms with Crippen LogP contribution in [0.5, 0.6) is 5.75 Å². The number of halogens is 1. The summed E-state index contributed by atoms with van der Waals surface area (Å²) in [5.74, 6) is -3.02. The van der Waals surface area contributed by atoms with Crippen molar-refractivity contribution < 1.29 is 23.5 Å². The molecule has 4 atom stereocenters. The van der Waals surface area contributed by atoms with Crippen LogP contribution in [-0.2, 0) is 10.2 Å². The second-order valence-corrected chi connectivity index (χ2v) is 10.5. The summed E-state index contributed by atoms with van der Waals surface area (Å²) in [6.07, 6.45) is 3.85. The van der Waals surface area contributed by atoms with Gasteiger partial charge < -0.3 is 15.0 Å². The van der Waals surface area contributed by atoms with Gasteiger partial charge in [0.1, 0.15) is 11.5 Å². The maximum Gasteiger partial charge on any atom is 0.238 e. The van der Waals surface area contributed by atoms with Gasteiger partial charge in [-0.1, -0.05) is 78.9 Å². The lowest BCUT2D eigenvalue weighted by Gasteiger charge is -2.37. The van der Waals surface area contributed by atoms with Gasteiger partial charge in [-0.3, -0.25) is 14.4 Å². The molecule has 1 spiro atoms. The van der Waals surface area contributed by atoms with Crippen molar-refractivity contribution in [2.45, 2.75) is 17.5 Å². The molecule has 0 saturated carbocycles. The highest BCUT2D eigenvalue weighted by Gasteiger charge is 2.70. The molecule has 6 nitrogen and oxygen atoms in total. The number of Topliss-reactive ketones (excluding diaryl/α,β-unsaturated/α-hetero) is 2. The van der Waals surface area contributed by atoms with Crippen LogP contribution >= 0.6 is 0 Å². The molecule has 0 radical (unpaired) electrons. The standard InChI is InChI=1S/C34H25FN2O4/c1-41-27-17-15-22(19-24(27)35)31(38)29-30(32(39)21-10-3-2-4-11-21)37-26-14-8-5-9-20(26)16-18-28(37)34(29)23-12-6-7-13-25(23)36-33(34)40/h2-19,28-30H,1H3,(H,36,40)/t28-,29-,30+,34-/m0/s1.